The van der Waals surface area contributed by atoms with Gasteiger partial charge in [-0.3, -0.25) is 4.79 Å². The van der Waals surface area contributed by atoms with Gasteiger partial charge >= 0.3 is 0 Å². The van der Waals surface area contributed by atoms with Crippen LogP contribution in [0.15, 0.2) is 60.8 Å². The summed E-state index contributed by atoms with van der Waals surface area (Å²) < 4.78 is 7.45. The Morgan fingerprint density at radius 3 is 2.59 bits per heavy atom. The molecule has 0 spiro atoms. The number of benzene rings is 2. The van der Waals surface area contributed by atoms with Crippen LogP contribution in [-0.2, 0) is 6.61 Å². The fourth-order valence-corrected chi connectivity index (χ4v) is 2.89. The maximum Gasteiger partial charge on any atom is 0.254 e. The molecule has 0 N–H and O–H groups in total. The molecule has 1 aliphatic rings. The maximum atomic E-state index is 12.4. The average molecular weight is 359 g/mol. The van der Waals surface area contributed by atoms with Gasteiger partial charge in [0.25, 0.3) is 5.91 Å². The van der Waals surface area contributed by atoms with Crippen LogP contribution in [0.3, 0.4) is 0 Å². The second-order valence-corrected chi connectivity index (χ2v) is 6.34. The molecular formula is C20H17N5O2. The van der Waals surface area contributed by atoms with Gasteiger partial charge in [-0.2, -0.15) is 5.26 Å². The summed E-state index contributed by atoms with van der Waals surface area (Å²) in [5.41, 5.74) is 1.87. The summed E-state index contributed by atoms with van der Waals surface area (Å²) in [6, 6.07) is 18.4. The molecule has 0 bridgehead atoms. The van der Waals surface area contributed by atoms with Crippen molar-refractivity contribution in [2.24, 2.45) is 0 Å². The lowest BCUT2D eigenvalue weighted by molar-refractivity contribution is 0.0498. The molecule has 0 radical (unpaired) electrons. The van der Waals surface area contributed by atoms with Gasteiger partial charge in [-0.15, -0.1) is 5.10 Å². The second-order valence-electron chi connectivity index (χ2n) is 6.34. The fourth-order valence-electron chi connectivity index (χ4n) is 2.89. The van der Waals surface area contributed by atoms with Gasteiger partial charge in [0.05, 0.1) is 23.9 Å². The molecule has 1 fully saturated rings. The van der Waals surface area contributed by atoms with Gasteiger partial charge < -0.3 is 9.64 Å². The predicted molar refractivity (Wildman–Crippen MR) is 96.9 cm³/mol. The molecular weight excluding hydrogens is 342 g/mol. The maximum absolute atomic E-state index is 12.4. The van der Waals surface area contributed by atoms with E-state index in [1.54, 1.807) is 33.8 Å². The van der Waals surface area contributed by atoms with E-state index in [0.717, 1.165) is 11.4 Å². The van der Waals surface area contributed by atoms with Crippen LogP contribution in [0.4, 0.5) is 0 Å². The number of hydrogen-bond acceptors (Lipinski definition) is 5. The van der Waals surface area contributed by atoms with E-state index in [-0.39, 0.29) is 11.9 Å². The average Bonchev–Trinajstić information content (AvgIpc) is 3.14. The van der Waals surface area contributed by atoms with Gasteiger partial charge in [-0.25, -0.2) is 4.68 Å². The number of ether oxygens (including phenoxy) is 1. The first-order valence-electron chi connectivity index (χ1n) is 8.61. The molecule has 0 aliphatic carbocycles. The largest absolute Gasteiger partial charge is 0.487 e. The smallest absolute Gasteiger partial charge is 0.254 e. The zero-order chi connectivity index (χ0) is 18.6. The highest BCUT2D eigenvalue weighted by atomic mass is 16.5. The highest BCUT2D eigenvalue weighted by Gasteiger charge is 2.33. The quantitative estimate of drug-likeness (QED) is 0.698. The molecule has 2 heterocycles. The zero-order valence-corrected chi connectivity index (χ0v) is 14.5. The minimum absolute atomic E-state index is 0.0384. The van der Waals surface area contributed by atoms with Crippen molar-refractivity contribution in [2.45, 2.75) is 12.6 Å². The number of amides is 1. The van der Waals surface area contributed by atoms with E-state index in [0.29, 0.717) is 30.8 Å². The molecule has 1 aromatic heterocycles. The monoisotopic (exact) mass is 359 g/mol. The lowest BCUT2D eigenvalue weighted by Crippen LogP contribution is -2.50. The van der Waals surface area contributed by atoms with E-state index in [1.807, 2.05) is 42.6 Å². The number of hydrogen-bond donors (Lipinski definition) is 0. The first-order valence-corrected chi connectivity index (χ1v) is 8.61. The zero-order valence-electron chi connectivity index (χ0n) is 14.5. The number of rotatable bonds is 5. The summed E-state index contributed by atoms with van der Waals surface area (Å²) in [6.45, 7) is 1.52. The molecule has 7 nitrogen and oxygen atoms in total. The van der Waals surface area contributed by atoms with Gasteiger partial charge in [0.2, 0.25) is 0 Å². The molecule has 3 aromatic rings. The standard InChI is InChI=1S/C20H17N5O2/c21-10-15-6-8-16(9-7-15)20(26)24-12-18(13-24)25-11-17(22-23-25)14-27-19-4-2-1-3-5-19/h1-9,11,18H,12-14H2. The molecule has 0 atom stereocenters. The summed E-state index contributed by atoms with van der Waals surface area (Å²) in [7, 11) is 0. The second kappa shape index (κ2) is 7.30. The van der Waals surface area contributed by atoms with Crippen LogP contribution in [0, 0.1) is 11.3 Å². The van der Waals surface area contributed by atoms with Gasteiger partial charge in [-0.05, 0) is 36.4 Å². The lowest BCUT2D eigenvalue weighted by atomic mass is 10.1. The van der Waals surface area contributed by atoms with Crippen LogP contribution in [0.1, 0.15) is 27.7 Å². The summed E-state index contributed by atoms with van der Waals surface area (Å²) in [5, 5.41) is 17.1. The van der Waals surface area contributed by atoms with Gasteiger partial charge in [0.1, 0.15) is 18.1 Å². The Morgan fingerprint density at radius 1 is 1.15 bits per heavy atom. The number of para-hydroxylation sites is 1. The normalized spacial score (nSPS) is 13.7. The number of nitrogens with zero attached hydrogens (tertiary/aromatic N) is 5. The fraction of sp³-hybridized carbons (Fsp3) is 0.200. The summed E-state index contributed by atoms with van der Waals surface area (Å²) >= 11 is 0. The minimum Gasteiger partial charge on any atom is -0.487 e. The van der Waals surface area contributed by atoms with E-state index < -0.39 is 0 Å². The highest BCUT2D eigenvalue weighted by Crippen LogP contribution is 2.23. The van der Waals surface area contributed by atoms with Crippen molar-refractivity contribution < 1.29 is 9.53 Å². The molecule has 1 saturated heterocycles. The van der Waals surface area contributed by atoms with Crippen molar-refractivity contribution in [1.82, 2.24) is 19.9 Å². The Balaban J connectivity index is 1.31. The van der Waals surface area contributed by atoms with Gasteiger partial charge in [-0.1, -0.05) is 23.4 Å². The van der Waals surface area contributed by atoms with E-state index in [9.17, 15) is 4.79 Å². The van der Waals surface area contributed by atoms with Crippen molar-refractivity contribution in [3.63, 3.8) is 0 Å². The SMILES string of the molecule is N#Cc1ccc(C(=O)N2CC(n3cc(COc4ccccc4)nn3)C2)cc1. The van der Waals surface area contributed by atoms with Gasteiger partial charge in [0, 0.05) is 18.7 Å². The third kappa shape index (κ3) is 3.65. The molecule has 1 amide bonds. The lowest BCUT2D eigenvalue weighted by Gasteiger charge is -2.38. The van der Waals surface area contributed by atoms with Crippen molar-refractivity contribution in [3.05, 3.63) is 77.6 Å². The van der Waals surface area contributed by atoms with Crippen molar-refractivity contribution in [1.29, 1.82) is 5.26 Å². The van der Waals surface area contributed by atoms with Crippen molar-refractivity contribution in [3.8, 4) is 11.8 Å². The molecule has 7 heteroatoms. The van der Waals surface area contributed by atoms with E-state index in [1.165, 1.54) is 0 Å². The third-order valence-corrected chi connectivity index (χ3v) is 4.47. The Labute approximate surface area is 156 Å². The highest BCUT2D eigenvalue weighted by molar-refractivity contribution is 5.94. The summed E-state index contributed by atoms with van der Waals surface area (Å²) in [6.07, 6.45) is 1.86. The summed E-state index contributed by atoms with van der Waals surface area (Å²) in [4.78, 5) is 14.2. The Bertz CT molecular complexity index is 970. The topological polar surface area (TPSA) is 84.0 Å². The van der Waals surface area contributed by atoms with E-state index >= 15 is 0 Å². The van der Waals surface area contributed by atoms with Crippen molar-refractivity contribution in [2.75, 3.05) is 13.1 Å². The Morgan fingerprint density at radius 2 is 1.89 bits per heavy atom. The minimum atomic E-state index is -0.0384. The number of nitriles is 1. The van der Waals surface area contributed by atoms with Crippen LogP contribution in [0.5, 0.6) is 5.75 Å². The van der Waals surface area contributed by atoms with Gasteiger partial charge in [0.15, 0.2) is 0 Å². The third-order valence-electron chi connectivity index (χ3n) is 4.47. The Kier molecular flexibility index (Phi) is 4.54. The molecule has 134 valence electrons. The Hall–Kier alpha value is -3.66. The van der Waals surface area contributed by atoms with E-state index in [2.05, 4.69) is 10.3 Å². The van der Waals surface area contributed by atoms with Crippen LogP contribution in [0.25, 0.3) is 0 Å². The number of aromatic nitrogens is 3. The molecule has 27 heavy (non-hydrogen) atoms. The molecule has 2 aromatic carbocycles. The molecule has 0 saturated carbocycles. The van der Waals surface area contributed by atoms with Crippen LogP contribution in [0.2, 0.25) is 0 Å². The first kappa shape index (κ1) is 16.8. The van der Waals surface area contributed by atoms with E-state index in [4.69, 9.17) is 10.00 Å². The molecule has 0 unspecified atom stereocenters. The number of likely N-dealkylation sites (tertiary alicyclic amines) is 1. The van der Waals surface area contributed by atoms with Crippen LogP contribution < -0.4 is 4.74 Å². The van der Waals surface area contributed by atoms with Crippen LogP contribution in [-0.4, -0.2) is 38.9 Å². The number of carbonyl (C=O) groups excluding carboxylic acids is 1. The molecule has 1 aliphatic heterocycles. The predicted octanol–water partition coefficient (Wildman–Crippen LogP) is 2.43. The summed E-state index contributed by atoms with van der Waals surface area (Å²) in [5.74, 6) is 0.748. The van der Waals surface area contributed by atoms with Crippen molar-refractivity contribution >= 4 is 5.91 Å². The molecule has 4 rings (SSSR count). The first-order chi connectivity index (χ1) is 13.2. The number of carbonyl (C=O) groups is 1. The van der Waals surface area contributed by atoms with Crippen LogP contribution >= 0.6 is 0 Å².